The molecule has 0 saturated heterocycles. The summed E-state index contributed by atoms with van der Waals surface area (Å²) < 4.78 is 0.655. The molecule has 58 valence electrons. The predicted molar refractivity (Wildman–Crippen MR) is 48.6 cm³/mol. The van der Waals surface area contributed by atoms with Crippen LogP contribution in [0.5, 0.6) is 0 Å². The van der Waals surface area contributed by atoms with Gasteiger partial charge in [0.1, 0.15) is 0 Å². The van der Waals surface area contributed by atoms with E-state index in [0.717, 1.165) is 5.56 Å². The largest absolute Gasteiger partial charge is 0.480 e. The lowest BCUT2D eigenvalue weighted by atomic mass is 9.91. The second-order valence-corrected chi connectivity index (χ2v) is 3.44. The molecule has 1 heterocycles. The Morgan fingerprint density at radius 3 is 2.73 bits per heavy atom. The van der Waals surface area contributed by atoms with Crippen molar-refractivity contribution >= 4 is 36.1 Å². The van der Waals surface area contributed by atoms with Gasteiger partial charge in [-0.2, -0.15) is 0 Å². The Kier molecular flexibility index (Phi) is 3.14. The highest BCUT2D eigenvalue weighted by molar-refractivity contribution is 7.14. The van der Waals surface area contributed by atoms with Crippen molar-refractivity contribution in [1.82, 2.24) is 0 Å². The Labute approximate surface area is 73.9 Å². The van der Waals surface area contributed by atoms with Crippen molar-refractivity contribution in [3.8, 4) is 0 Å². The molecule has 0 aliphatic heterocycles. The lowest BCUT2D eigenvalue weighted by Gasteiger charge is -1.87. The summed E-state index contributed by atoms with van der Waals surface area (Å²) in [6.45, 7) is 0. The molecule has 5 heteroatoms. The molecule has 0 atom stereocenters. The Bertz CT molecular complexity index is 259. The summed E-state index contributed by atoms with van der Waals surface area (Å²) in [7, 11) is -1.41. The monoisotopic (exact) mass is 188 g/mol. The molecule has 0 aromatic carbocycles. The molecule has 0 aliphatic carbocycles. The van der Waals surface area contributed by atoms with Crippen molar-refractivity contribution in [1.29, 1.82) is 0 Å². The van der Waals surface area contributed by atoms with Gasteiger partial charge in [-0.3, -0.25) is 0 Å². The van der Waals surface area contributed by atoms with Gasteiger partial charge in [-0.25, -0.2) is 0 Å². The van der Waals surface area contributed by atoms with E-state index in [1.165, 1.54) is 17.3 Å². The predicted octanol–water partition coefficient (Wildman–Crippen LogP) is 1.43. The molecule has 11 heavy (non-hydrogen) atoms. The quantitative estimate of drug-likeness (QED) is 0.689. The van der Waals surface area contributed by atoms with Crippen LogP contribution in [0.2, 0.25) is 4.34 Å². The first kappa shape index (κ1) is 8.81. The maximum atomic E-state index is 8.47. The van der Waals surface area contributed by atoms with E-state index in [0.29, 0.717) is 4.34 Å². The van der Waals surface area contributed by atoms with Crippen molar-refractivity contribution in [2.75, 3.05) is 0 Å². The SMILES string of the molecule is OB(O)/C=C/c1ccsc1Cl. The number of hydrogen-bond acceptors (Lipinski definition) is 3. The third-order valence-corrected chi connectivity index (χ3v) is 2.29. The van der Waals surface area contributed by atoms with Crippen molar-refractivity contribution in [3.05, 3.63) is 27.3 Å². The molecule has 0 radical (unpaired) electrons. The van der Waals surface area contributed by atoms with E-state index < -0.39 is 7.12 Å². The van der Waals surface area contributed by atoms with Gasteiger partial charge >= 0.3 is 7.12 Å². The van der Waals surface area contributed by atoms with E-state index in [2.05, 4.69) is 0 Å². The highest BCUT2D eigenvalue weighted by atomic mass is 35.5. The molecular formula is C6H6BClO2S. The van der Waals surface area contributed by atoms with Crippen molar-refractivity contribution in [2.45, 2.75) is 0 Å². The highest BCUT2D eigenvalue weighted by Crippen LogP contribution is 2.23. The molecule has 0 unspecified atom stereocenters. The zero-order valence-electron chi connectivity index (χ0n) is 5.57. The molecular weight excluding hydrogens is 182 g/mol. The van der Waals surface area contributed by atoms with Gasteiger partial charge in [-0.15, -0.1) is 11.3 Å². The minimum atomic E-state index is -1.41. The van der Waals surface area contributed by atoms with E-state index in [1.807, 2.05) is 11.4 Å². The summed E-state index contributed by atoms with van der Waals surface area (Å²) in [6, 6.07) is 1.81. The van der Waals surface area contributed by atoms with Gasteiger partial charge in [0.25, 0.3) is 0 Å². The van der Waals surface area contributed by atoms with Crippen LogP contribution in [-0.4, -0.2) is 17.2 Å². The highest BCUT2D eigenvalue weighted by Gasteiger charge is 2.00. The van der Waals surface area contributed by atoms with Crippen molar-refractivity contribution in [2.24, 2.45) is 0 Å². The molecule has 2 nitrogen and oxygen atoms in total. The molecule has 0 aliphatic rings. The van der Waals surface area contributed by atoms with E-state index in [1.54, 1.807) is 6.08 Å². The second kappa shape index (κ2) is 3.92. The Hall–Kier alpha value is -0.285. The minimum Gasteiger partial charge on any atom is -0.424 e. The molecule has 0 saturated carbocycles. The number of halogens is 1. The Balaban J connectivity index is 2.71. The fourth-order valence-electron chi connectivity index (χ4n) is 0.611. The topological polar surface area (TPSA) is 40.5 Å². The van der Waals surface area contributed by atoms with Crippen LogP contribution in [0.25, 0.3) is 6.08 Å². The van der Waals surface area contributed by atoms with Crippen LogP contribution in [0.3, 0.4) is 0 Å². The average Bonchev–Trinajstić information content (AvgIpc) is 2.31. The fraction of sp³-hybridized carbons (Fsp3) is 0. The summed E-state index contributed by atoms with van der Waals surface area (Å²) >= 11 is 7.13. The standard InChI is InChI=1S/C6H6BClO2S/c8-6-5(2-4-11-6)1-3-7(9)10/h1-4,9-10H/b3-1+. The first-order valence-electron chi connectivity index (χ1n) is 2.97. The van der Waals surface area contributed by atoms with Gasteiger partial charge in [0.15, 0.2) is 0 Å². The summed E-state index contributed by atoms with van der Waals surface area (Å²) in [5.41, 5.74) is 0.810. The van der Waals surface area contributed by atoms with Gasteiger partial charge < -0.3 is 10.0 Å². The van der Waals surface area contributed by atoms with Gasteiger partial charge in [0.2, 0.25) is 0 Å². The van der Waals surface area contributed by atoms with Crippen molar-refractivity contribution in [3.63, 3.8) is 0 Å². The van der Waals surface area contributed by atoms with Crippen LogP contribution in [0.15, 0.2) is 17.4 Å². The van der Waals surface area contributed by atoms with E-state index in [-0.39, 0.29) is 0 Å². The minimum absolute atomic E-state index is 0.655. The molecule has 1 aromatic heterocycles. The van der Waals surface area contributed by atoms with Crippen LogP contribution in [0.1, 0.15) is 5.56 Å². The maximum Gasteiger partial charge on any atom is 0.480 e. The number of hydrogen-bond donors (Lipinski definition) is 2. The average molecular weight is 188 g/mol. The van der Waals surface area contributed by atoms with Crippen LogP contribution in [-0.2, 0) is 0 Å². The zero-order chi connectivity index (χ0) is 8.27. The maximum absolute atomic E-state index is 8.47. The second-order valence-electron chi connectivity index (χ2n) is 1.92. The molecule has 0 fully saturated rings. The smallest absolute Gasteiger partial charge is 0.424 e. The molecule has 1 aromatic rings. The summed E-state index contributed by atoms with van der Waals surface area (Å²) in [5.74, 6) is 1.26. The van der Waals surface area contributed by atoms with E-state index in [9.17, 15) is 0 Å². The van der Waals surface area contributed by atoms with Crippen LogP contribution in [0.4, 0.5) is 0 Å². The Morgan fingerprint density at radius 2 is 2.27 bits per heavy atom. The van der Waals surface area contributed by atoms with Gasteiger partial charge in [-0.05, 0) is 11.4 Å². The summed E-state index contributed by atoms with van der Waals surface area (Å²) in [4.78, 5) is 0. The molecule has 0 spiro atoms. The molecule has 0 bridgehead atoms. The summed E-state index contributed by atoms with van der Waals surface area (Å²) in [5, 5.41) is 18.8. The zero-order valence-corrected chi connectivity index (χ0v) is 7.14. The van der Waals surface area contributed by atoms with E-state index >= 15 is 0 Å². The first-order valence-corrected chi connectivity index (χ1v) is 4.23. The third-order valence-electron chi connectivity index (χ3n) is 1.09. The normalized spacial score (nSPS) is 10.8. The van der Waals surface area contributed by atoms with Crippen molar-refractivity contribution < 1.29 is 10.0 Å². The van der Waals surface area contributed by atoms with Gasteiger partial charge in [0.05, 0.1) is 4.34 Å². The molecule has 1 rings (SSSR count). The number of thiophene rings is 1. The lowest BCUT2D eigenvalue weighted by Crippen LogP contribution is -2.05. The lowest BCUT2D eigenvalue weighted by molar-refractivity contribution is 0.424. The molecule has 2 N–H and O–H groups in total. The van der Waals surface area contributed by atoms with Crippen LogP contribution >= 0.6 is 22.9 Å². The number of rotatable bonds is 2. The van der Waals surface area contributed by atoms with Gasteiger partial charge in [0, 0.05) is 5.56 Å². The van der Waals surface area contributed by atoms with Crippen LogP contribution < -0.4 is 0 Å². The summed E-state index contributed by atoms with van der Waals surface area (Å²) in [6.07, 6.45) is 1.57. The van der Waals surface area contributed by atoms with E-state index in [4.69, 9.17) is 21.6 Å². The van der Waals surface area contributed by atoms with Gasteiger partial charge in [-0.1, -0.05) is 23.7 Å². The van der Waals surface area contributed by atoms with Crippen LogP contribution in [0, 0.1) is 0 Å². The third kappa shape index (κ3) is 2.67. The molecule has 0 amide bonds. The Morgan fingerprint density at radius 1 is 1.55 bits per heavy atom. The first-order chi connectivity index (χ1) is 5.20. The fourth-order valence-corrected chi connectivity index (χ4v) is 1.50.